The van der Waals surface area contributed by atoms with Crippen molar-refractivity contribution in [1.29, 1.82) is 0 Å². The van der Waals surface area contributed by atoms with Crippen LogP contribution in [0.25, 0.3) is 0 Å². The third-order valence-corrected chi connectivity index (χ3v) is 4.08. The molecular formula is C16H23NO3. The number of aryl methyl sites for hydroxylation is 1. The molecular weight excluding hydrogens is 254 g/mol. The van der Waals surface area contributed by atoms with Gasteiger partial charge in [-0.2, -0.15) is 0 Å². The van der Waals surface area contributed by atoms with E-state index >= 15 is 0 Å². The first kappa shape index (κ1) is 14.9. The highest BCUT2D eigenvalue weighted by atomic mass is 16.5. The summed E-state index contributed by atoms with van der Waals surface area (Å²) in [5.41, 5.74) is 2.33. The van der Waals surface area contributed by atoms with E-state index in [1.165, 1.54) is 5.56 Å². The van der Waals surface area contributed by atoms with E-state index in [0.717, 1.165) is 43.5 Å². The molecule has 4 nitrogen and oxygen atoms in total. The van der Waals surface area contributed by atoms with Gasteiger partial charge in [0, 0.05) is 12.6 Å². The molecule has 1 aliphatic rings. The molecule has 2 unspecified atom stereocenters. The second-order valence-corrected chi connectivity index (χ2v) is 5.58. The molecule has 110 valence electrons. The number of carboxylic acids is 1. The number of nitrogens with one attached hydrogen (secondary N) is 1. The summed E-state index contributed by atoms with van der Waals surface area (Å²) in [5.74, 6) is 0.0630. The molecule has 0 aliphatic heterocycles. The summed E-state index contributed by atoms with van der Waals surface area (Å²) in [6, 6.07) is 6.46. The number of hydrogen-bond donors (Lipinski definition) is 2. The van der Waals surface area contributed by atoms with Crippen LogP contribution in [0.4, 0.5) is 0 Å². The van der Waals surface area contributed by atoms with Crippen molar-refractivity contribution in [3.63, 3.8) is 0 Å². The minimum atomic E-state index is -0.656. The van der Waals surface area contributed by atoms with Gasteiger partial charge in [0.2, 0.25) is 0 Å². The van der Waals surface area contributed by atoms with Crippen LogP contribution in [0.1, 0.15) is 36.8 Å². The Bertz CT molecular complexity index is 473. The van der Waals surface area contributed by atoms with E-state index in [2.05, 4.69) is 17.4 Å². The fourth-order valence-corrected chi connectivity index (χ4v) is 2.91. The standard InChI is InChI=1S/C16H23NO3/c1-11-8-12(6-7-15(11)20-2)10-17-14-5-3-4-13(9-14)16(18)19/h6-8,13-14,17H,3-5,9-10H2,1-2H3,(H,18,19). The molecule has 2 rings (SSSR count). The Kier molecular flexibility index (Phi) is 5.01. The number of methoxy groups -OCH3 is 1. The molecule has 2 N–H and O–H groups in total. The quantitative estimate of drug-likeness (QED) is 0.869. The van der Waals surface area contributed by atoms with E-state index in [4.69, 9.17) is 9.84 Å². The normalized spacial score (nSPS) is 22.5. The van der Waals surface area contributed by atoms with Crippen LogP contribution in [0.2, 0.25) is 0 Å². The minimum absolute atomic E-state index is 0.182. The van der Waals surface area contributed by atoms with Gasteiger partial charge in [-0.05, 0) is 43.4 Å². The molecule has 1 aliphatic carbocycles. The highest BCUT2D eigenvalue weighted by Crippen LogP contribution is 2.25. The zero-order chi connectivity index (χ0) is 14.5. The van der Waals surface area contributed by atoms with Crippen molar-refractivity contribution in [2.24, 2.45) is 5.92 Å². The molecule has 2 atom stereocenters. The number of ether oxygens (including phenoxy) is 1. The highest BCUT2D eigenvalue weighted by Gasteiger charge is 2.26. The number of aliphatic carboxylic acids is 1. The Morgan fingerprint density at radius 3 is 2.90 bits per heavy atom. The van der Waals surface area contributed by atoms with E-state index < -0.39 is 5.97 Å². The summed E-state index contributed by atoms with van der Waals surface area (Å²) in [4.78, 5) is 11.0. The van der Waals surface area contributed by atoms with Gasteiger partial charge >= 0.3 is 5.97 Å². The molecule has 0 radical (unpaired) electrons. The summed E-state index contributed by atoms with van der Waals surface area (Å²) >= 11 is 0. The molecule has 1 fully saturated rings. The van der Waals surface area contributed by atoms with Gasteiger partial charge in [0.15, 0.2) is 0 Å². The maximum absolute atomic E-state index is 11.0. The summed E-state index contributed by atoms with van der Waals surface area (Å²) in [6.45, 7) is 2.81. The highest BCUT2D eigenvalue weighted by molar-refractivity contribution is 5.70. The average Bonchev–Trinajstić information content (AvgIpc) is 2.45. The molecule has 0 saturated heterocycles. The van der Waals surface area contributed by atoms with Crippen LogP contribution < -0.4 is 10.1 Å². The number of carbonyl (C=O) groups is 1. The SMILES string of the molecule is COc1ccc(CNC2CCCC(C(=O)O)C2)cc1C. The smallest absolute Gasteiger partial charge is 0.306 e. The van der Waals surface area contributed by atoms with Crippen LogP contribution in [0.3, 0.4) is 0 Å². The number of carboxylic acid groups (broad SMARTS) is 1. The van der Waals surface area contributed by atoms with Crippen molar-refractivity contribution >= 4 is 5.97 Å². The van der Waals surface area contributed by atoms with Gasteiger partial charge < -0.3 is 15.2 Å². The zero-order valence-corrected chi connectivity index (χ0v) is 12.2. The lowest BCUT2D eigenvalue weighted by molar-refractivity contribution is -0.143. The lowest BCUT2D eigenvalue weighted by Gasteiger charge is -2.27. The van der Waals surface area contributed by atoms with Crippen LogP contribution in [-0.2, 0) is 11.3 Å². The van der Waals surface area contributed by atoms with Gasteiger partial charge in [-0.1, -0.05) is 18.6 Å². The van der Waals surface area contributed by atoms with Gasteiger partial charge in [-0.15, -0.1) is 0 Å². The predicted octanol–water partition coefficient (Wildman–Crippen LogP) is 2.74. The fraction of sp³-hybridized carbons (Fsp3) is 0.562. The summed E-state index contributed by atoms with van der Waals surface area (Å²) in [5, 5.41) is 12.6. The van der Waals surface area contributed by atoms with Crippen molar-refractivity contribution in [3.05, 3.63) is 29.3 Å². The molecule has 0 aromatic heterocycles. The van der Waals surface area contributed by atoms with E-state index in [-0.39, 0.29) is 5.92 Å². The van der Waals surface area contributed by atoms with Crippen LogP contribution >= 0.6 is 0 Å². The summed E-state index contributed by atoms with van der Waals surface area (Å²) in [6.07, 6.45) is 3.62. The Morgan fingerprint density at radius 1 is 1.45 bits per heavy atom. The van der Waals surface area contributed by atoms with Crippen LogP contribution in [-0.4, -0.2) is 24.2 Å². The summed E-state index contributed by atoms with van der Waals surface area (Å²) in [7, 11) is 1.67. The predicted molar refractivity (Wildman–Crippen MR) is 78.0 cm³/mol. The summed E-state index contributed by atoms with van der Waals surface area (Å²) < 4.78 is 5.25. The molecule has 0 heterocycles. The van der Waals surface area contributed by atoms with Crippen LogP contribution in [0.5, 0.6) is 5.75 Å². The second kappa shape index (κ2) is 6.75. The monoisotopic (exact) mass is 277 g/mol. The van der Waals surface area contributed by atoms with E-state index in [0.29, 0.717) is 6.04 Å². The van der Waals surface area contributed by atoms with Gasteiger partial charge in [-0.25, -0.2) is 0 Å². The molecule has 1 aromatic carbocycles. The van der Waals surface area contributed by atoms with E-state index in [1.54, 1.807) is 7.11 Å². The topological polar surface area (TPSA) is 58.6 Å². The second-order valence-electron chi connectivity index (χ2n) is 5.58. The van der Waals surface area contributed by atoms with Crippen molar-refractivity contribution in [1.82, 2.24) is 5.32 Å². The number of rotatable bonds is 5. The largest absolute Gasteiger partial charge is 0.496 e. The van der Waals surface area contributed by atoms with Gasteiger partial charge in [0.25, 0.3) is 0 Å². The fourth-order valence-electron chi connectivity index (χ4n) is 2.91. The van der Waals surface area contributed by atoms with Crippen molar-refractivity contribution in [2.75, 3.05) is 7.11 Å². The Hall–Kier alpha value is -1.55. The lowest BCUT2D eigenvalue weighted by atomic mass is 9.86. The first-order valence-corrected chi connectivity index (χ1v) is 7.20. The Balaban J connectivity index is 1.88. The molecule has 4 heteroatoms. The average molecular weight is 277 g/mol. The molecule has 0 bridgehead atoms. The molecule has 1 saturated carbocycles. The Morgan fingerprint density at radius 2 is 2.25 bits per heavy atom. The van der Waals surface area contributed by atoms with Gasteiger partial charge in [0.1, 0.15) is 5.75 Å². The van der Waals surface area contributed by atoms with Crippen molar-refractivity contribution in [2.45, 2.75) is 45.2 Å². The van der Waals surface area contributed by atoms with Crippen molar-refractivity contribution < 1.29 is 14.6 Å². The van der Waals surface area contributed by atoms with Crippen LogP contribution in [0, 0.1) is 12.8 Å². The van der Waals surface area contributed by atoms with E-state index in [9.17, 15) is 4.79 Å². The minimum Gasteiger partial charge on any atom is -0.496 e. The Labute approximate surface area is 120 Å². The van der Waals surface area contributed by atoms with Crippen molar-refractivity contribution in [3.8, 4) is 5.75 Å². The van der Waals surface area contributed by atoms with E-state index in [1.807, 2.05) is 13.0 Å². The molecule has 0 amide bonds. The first-order chi connectivity index (χ1) is 9.60. The maximum atomic E-state index is 11.0. The first-order valence-electron chi connectivity index (χ1n) is 7.20. The van der Waals surface area contributed by atoms with Crippen LogP contribution in [0.15, 0.2) is 18.2 Å². The molecule has 1 aromatic rings. The number of benzene rings is 1. The van der Waals surface area contributed by atoms with Gasteiger partial charge in [-0.3, -0.25) is 4.79 Å². The molecule has 20 heavy (non-hydrogen) atoms. The van der Waals surface area contributed by atoms with Gasteiger partial charge in [0.05, 0.1) is 13.0 Å². The number of hydrogen-bond acceptors (Lipinski definition) is 3. The third kappa shape index (κ3) is 3.73. The third-order valence-electron chi connectivity index (χ3n) is 4.08. The maximum Gasteiger partial charge on any atom is 0.306 e. The zero-order valence-electron chi connectivity index (χ0n) is 12.2. The molecule has 0 spiro atoms. The lowest BCUT2D eigenvalue weighted by Crippen LogP contribution is -2.36.